The van der Waals surface area contributed by atoms with Gasteiger partial charge in [-0.2, -0.15) is 0 Å². The van der Waals surface area contributed by atoms with Crippen molar-refractivity contribution in [1.29, 1.82) is 0 Å². The first-order valence-corrected chi connectivity index (χ1v) is 6.67. The zero-order valence-corrected chi connectivity index (χ0v) is 11.3. The van der Waals surface area contributed by atoms with Crippen molar-refractivity contribution in [3.8, 4) is 0 Å². The van der Waals surface area contributed by atoms with Crippen LogP contribution < -0.4 is 10.6 Å². The third kappa shape index (κ3) is 2.25. The molecule has 1 unspecified atom stereocenters. The van der Waals surface area contributed by atoms with Gasteiger partial charge in [0.25, 0.3) is 11.8 Å². The zero-order valence-electron chi connectivity index (χ0n) is 11.3. The standard InChI is InChI=1S/C14H15N3O4/c18-7-9-1-3-10(4-2-9)11(19)17-6-5-14(8-17)12(20)15-13(21)16-14/h1-4,18H,5-8H2,(H2,15,16,20,21). The van der Waals surface area contributed by atoms with Crippen molar-refractivity contribution in [2.75, 3.05) is 13.1 Å². The van der Waals surface area contributed by atoms with Gasteiger partial charge in [-0.1, -0.05) is 12.1 Å². The van der Waals surface area contributed by atoms with E-state index < -0.39 is 11.6 Å². The second kappa shape index (κ2) is 4.85. The molecule has 2 aliphatic heterocycles. The van der Waals surface area contributed by atoms with Crippen LogP contribution >= 0.6 is 0 Å². The average molecular weight is 289 g/mol. The van der Waals surface area contributed by atoms with E-state index in [9.17, 15) is 14.4 Å². The molecule has 0 saturated carbocycles. The number of urea groups is 1. The summed E-state index contributed by atoms with van der Waals surface area (Å²) in [5, 5.41) is 13.8. The summed E-state index contributed by atoms with van der Waals surface area (Å²) in [6.45, 7) is 0.507. The smallest absolute Gasteiger partial charge is 0.322 e. The Morgan fingerprint density at radius 1 is 1.29 bits per heavy atom. The second-order valence-electron chi connectivity index (χ2n) is 5.32. The Hall–Kier alpha value is -2.41. The third-order valence-electron chi connectivity index (χ3n) is 3.95. The second-order valence-corrected chi connectivity index (χ2v) is 5.32. The predicted octanol–water partition coefficient (Wildman–Crippen LogP) is -0.397. The van der Waals surface area contributed by atoms with Gasteiger partial charge >= 0.3 is 6.03 Å². The maximum atomic E-state index is 12.4. The molecule has 0 aliphatic carbocycles. The molecule has 3 N–H and O–H groups in total. The molecule has 7 nitrogen and oxygen atoms in total. The molecule has 21 heavy (non-hydrogen) atoms. The van der Waals surface area contributed by atoms with Gasteiger partial charge in [0.15, 0.2) is 0 Å². The van der Waals surface area contributed by atoms with E-state index in [2.05, 4.69) is 10.6 Å². The maximum Gasteiger partial charge on any atom is 0.322 e. The van der Waals surface area contributed by atoms with Crippen LogP contribution in [0.15, 0.2) is 24.3 Å². The molecule has 2 heterocycles. The number of likely N-dealkylation sites (tertiary alicyclic amines) is 1. The molecule has 0 bridgehead atoms. The van der Waals surface area contributed by atoms with Crippen LogP contribution in [0.4, 0.5) is 4.79 Å². The molecule has 0 aromatic heterocycles. The summed E-state index contributed by atoms with van der Waals surface area (Å²) in [6, 6.07) is 6.14. The van der Waals surface area contributed by atoms with E-state index in [1.54, 1.807) is 29.2 Å². The maximum absolute atomic E-state index is 12.4. The van der Waals surface area contributed by atoms with Gasteiger partial charge in [0, 0.05) is 12.1 Å². The number of imide groups is 1. The third-order valence-corrected chi connectivity index (χ3v) is 3.95. The van der Waals surface area contributed by atoms with Crippen LogP contribution in [0.3, 0.4) is 0 Å². The number of carbonyl (C=O) groups is 3. The van der Waals surface area contributed by atoms with E-state index in [-0.39, 0.29) is 25.0 Å². The molecule has 2 fully saturated rings. The lowest BCUT2D eigenvalue weighted by Gasteiger charge is -2.21. The van der Waals surface area contributed by atoms with Gasteiger partial charge in [0.05, 0.1) is 13.2 Å². The number of nitrogens with zero attached hydrogens (tertiary/aromatic N) is 1. The fraction of sp³-hybridized carbons (Fsp3) is 0.357. The summed E-state index contributed by atoms with van der Waals surface area (Å²) in [6.07, 6.45) is 0.408. The lowest BCUT2D eigenvalue weighted by Crippen LogP contribution is -2.49. The van der Waals surface area contributed by atoms with Crippen molar-refractivity contribution in [2.45, 2.75) is 18.6 Å². The van der Waals surface area contributed by atoms with E-state index in [0.717, 1.165) is 5.56 Å². The molecule has 2 aliphatic rings. The number of nitrogens with one attached hydrogen (secondary N) is 2. The summed E-state index contributed by atoms with van der Waals surface area (Å²) < 4.78 is 0. The van der Waals surface area contributed by atoms with Crippen molar-refractivity contribution in [1.82, 2.24) is 15.5 Å². The molecule has 0 radical (unpaired) electrons. The van der Waals surface area contributed by atoms with Crippen molar-refractivity contribution in [2.24, 2.45) is 0 Å². The van der Waals surface area contributed by atoms with Crippen LogP contribution in [0.25, 0.3) is 0 Å². The first-order chi connectivity index (χ1) is 10.0. The van der Waals surface area contributed by atoms with Gasteiger partial charge in [0.1, 0.15) is 5.54 Å². The lowest BCUT2D eigenvalue weighted by atomic mass is 9.99. The number of benzene rings is 1. The molecular formula is C14H15N3O4. The van der Waals surface area contributed by atoms with Crippen LogP contribution in [-0.2, 0) is 11.4 Å². The van der Waals surface area contributed by atoms with Gasteiger partial charge in [-0.25, -0.2) is 4.79 Å². The molecule has 7 heteroatoms. The molecule has 4 amide bonds. The Bertz CT molecular complexity index is 613. The monoisotopic (exact) mass is 289 g/mol. The Morgan fingerprint density at radius 2 is 2.00 bits per heavy atom. The SMILES string of the molecule is O=C1NC(=O)C2(CCN(C(=O)c3ccc(CO)cc3)C2)N1. The largest absolute Gasteiger partial charge is 0.392 e. The molecule has 3 rings (SSSR count). The quantitative estimate of drug-likeness (QED) is 0.645. The highest BCUT2D eigenvalue weighted by atomic mass is 16.3. The minimum absolute atomic E-state index is 0.0759. The minimum Gasteiger partial charge on any atom is -0.392 e. The van der Waals surface area contributed by atoms with Crippen LogP contribution in [0.1, 0.15) is 22.3 Å². The van der Waals surface area contributed by atoms with E-state index in [1.807, 2.05) is 0 Å². The summed E-state index contributed by atoms with van der Waals surface area (Å²) in [7, 11) is 0. The van der Waals surface area contributed by atoms with Gasteiger partial charge in [-0.3, -0.25) is 14.9 Å². The van der Waals surface area contributed by atoms with E-state index >= 15 is 0 Å². The fourth-order valence-corrected chi connectivity index (χ4v) is 2.73. The highest BCUT2D eigenvalue weighted by Gasteiger charge is 2.51. The van der Waals surface area contributed by atoms with Crippen LogP contribution in [0.5, 0.6) is 0 Å². The average Bonchev–Trinajstić information content (AvgIpc) is 3.03. The van der Waals surface area contributed by atoms with E-state index in [4.69, 9.17) is 5.11 Å². The summed E-state index contributed by atoms with van der Waals surface area (Å²) >= 11 is 0. The lowest BCUT2D eigenvalue weighted by molar-refractivity contribution is -0.123. The highest BCUT2D eigenvalue weighted by molar-refractivity contribution is 6.08. The number of amides is 4. The molecule has 110 valence electrons. The van der Waals surface area contributed by atoms with Gasteiger partial charge in [0.2, 0.25) is 0 Å². The van der Waals surface area contributed by atoms with Crippen LogP contribution in [0, 0.1) is 0 Å². The molecule has 1 aromatic carbocycles. The first-order valence-electron chi connectivity index (χ1n) is 6.67. The molecule has 1 atom stereocenters. The zero-order chi connectivity index (χ0) is 15.0. The summed E-state index contributed by atoms with van der Waals surface area (Å²) in [5.41, 5.74) is 0.235. The van der Waals surface area contributed by atoms with Gasteiger partial charge in [-0.05, 0) is 24.1 Å². The van der Waals surface area contributed by atoms with Crippen molar-refractivity contribution < 1.29 is 19.5 Å². The number of carbonyl (C=O) groups excluding carboxylic acids is 3. The number of hydrogen-bond acceptors (Lipinski definition) is 4. The normalized spacial score (nSPS) is 24.3. The van der Waals surface area contributed by atoms with Crippen LogP contribution in [-0.4, -0.2) is 46.5 Å². The van der Waals surface area contributed by atoms with E-state index in [1.165, 1.54) is 0 Å². The minimum atomic E-state index is -0.988. The summed E-state index contributed by atoms with van der Waals surface area (Å²) in [5.74, 6) is -0.566. The Balaban J connectivity index is 1.75. The molecule has 1 spiro atoms. The number of rotatable bonds is 2. The predicted molar refractivity (Wildman–Crippen MR) is 72.3 cm³/mol. The first kappa shape index (κ1) is 13.6. The van der Waals surface area contributed by atoms with E-state index in [0.29, 0.717) is 18.5 Å². The van der Waals surface area contributed by atoms with Crippen molar-refractivity contribution in [3.05, 3.63) is 35.4 Å². The number of aliphatic hydroxyl groups excluding tert-OH is 1. The number of aliphatic hydroxyl groups is 1. The molecule has 2 saturated heterocycles. The Morgan fingerprint density at radius 3 is 2.57 bits per heavy atom. The van der Waals surface area contributed by atoms with Crippen molar-refractivity contribution >= 4 is 17.8 Å². The molecular weight excluding hydrogens is 274 g/mol. The topological polar surface area (TPSA) is 98.7 Å². The van der Waals surface area contributed by atoms with Crippen molar-refractivity contribution in [3.63, 3.8) is 0 Å². The Labute approximate surface area is 120 Å². The number of hydrogen-bond donors (Lipinski definition) is 3. The van der Waals surface area contributed by atoms with Crippen LogP contribution in [0.2, 0.25) is 0 Å². The summed E-state index contributed by atoms with van der Waals surface area (Å²) in [4.78, 5) is 37.0. The highest BCUT2D eigenvalue weighted by Crippen LogP contribution is 2.26. The fourth-order valence-electron chi connectivity index (χ4n) is 2.73. The van der Waals surface area contributed by atoms with Gasteiger partial charge in [-0.15, -0.1) is 0 Å². The van der Waals surface area contributed by atoms with Gasteiger partial charge < -0.3 is 15.3 Å². The molecule has 1 aromatic rings. The Kier molecular flexibility index (Phi) is 3.13.